The van der Waals surface area contributed by atoms with Crippen molar-refractivity contribution in [1.82, 2.24) is 0 Å². The maximum atomic E-state index is 12.8. The molecule has 0 saturated carbocycles. The van der Waals surface area contributed by atoms with Gasteiger partial charge in [0.1, 0.15) is 11.0 Å². The monoisotopic (exact) mass is 458 g/mol. The molecule has 1 unspecified atom stereocenters. The van der Waals surface area contributed by atoms with Crippen molar-refractivity contribution in [1.29, 1.82) is 0 Å². The number of thioether (sulfide) groups is 1. The lowest BCUT2D eigenvalue weighted by Crippen LogP contribution is -2.31. The molecule has 162 valence electrons. The van der Waals surface area contributed by atoms with E-state index in [1.54, 1.807) is 48.5 Å². The van der Waals surface area contributed by atoms with Gasteiger partial charge in [0.2, 0.25) is 11.8 Å². The fourth-order valence-corrected chi connectivity index (χ4v) is 3.81. The number of hydrogen-bond acceptors (Lipinski definition) is 6. The van der Waals surface area contributed by atoms with Crippen LogP contribution in [0.3, 0.4) is 0 Å². The van der Waals surface area contributed by atoms with Crippen LogP contribution < -0.4 is 15.4 Å². The fourth-order valence-electron chi connectivity index (χ4n) is 2.86. The molecule has 2 aromatic carbocycles. The van der Waals surface area contributed by atoms with E-state index in [-0.39, 0.29) is 23.4 Å². The summed E-state index contributed by atoms with van der Waals surface area (Å²) in [5.41, 5.74) is 7.21. The van der Waals surface area contributed by atoms with Crippen LogP contribution >= 0.6 is 23.4 Å². The molecule has 2 N–H and O–H groups in total. The van der Waals surface area contributed by atoms with Crippen molar-refractivity contribution in [2.24, 2.45) is 15.9 Å². The van der Waals surface area contributed by atoms with Crippen LogP contribution in [0.2, 0.25) is 5.02 Å². The maximum absolute atomic E-state index is 12.8. The van der Waals surface area contributed by atoms with Crippen LogP contribution in [0, 0.1) is 0 Å². The SMILES string of the molecule is CCCCOc1ccc(N2C(=O)CC(SC(N)=NN=Cc3ccc(Cl)cc3)C2=O)cc1. The largest absolute Gasteiger partial charge is 0.494 e. The molecule has 1 atom stereocenters. The third-order valence-corrected chi connectivity index (χ3v) is 5.69. The normalized spacial score (nSPS) is 17.0. The zero-order valence-corrected chi connectivity index (χ0v) is 18.6. The topological polar surface area (TPSA) is 97.3 Å². The minimum Gasteiger partial charge on any atom is -0.494 e. The summed E-state index contributed by atoms with van der Waals surface area (Å²) in [6, 6.07) is 14.0. The van der Waals surface area contributed by atoms with E-state index in [0.717, 1.165) is 30.2 Å². The number of nitrogens with zero attached hydrogens (tertiary/aromatic N) is 3. The lowest BCUT2D eigenvalue weighted by molar-refractivity contribution is -0.121. The summed E-state index contributed by atoms with van der Waals surface area (Å²) < 4.78 is 5.62. The molecule has 0 bridgehead atoms. The zero-order valence-electron chi connectivity index (χ0n) is 17.0. The number of halogens is 1. The van der Waals surface area contributed by atoms with Crippen LogP contribution in [0.1, 0.15) is 31.7 Å². The molecule has 7 nitrogen and oxygen atoms in total. The summed E-state index contributed by atoms with van der Waals surface area (Å²) >= 11 is 6.87. The molecule has 1 aliphatic rings. The predicted octanol–water partition coefficient (Wildman–Crippen LogP) is 4.23. The van der Waals surface area contributed by atoms with Crippen molar-refractivity contribution in [2.45, 2.75) is 31.4 Å². The summed E-state index contributed by atoms with van der Waals surface area (Å²) in [7, 11) is 0. The van der Waals surface area contributed by atoms with Gasteiger partial charge in [-0.1, -0.05) is 48.8 Å². The number of anilines is 1. The molecule has 1 heterocycles. The Kier molecular flexibility index (Phi) is 8.08. The minimum atomic E-state index is -0.637. The minimum absolute atomic E-state index is 0.0510. The number of imide groups is 1. The van der Waals surface area contributed by atoms with Crippen molar-refractivity contribution in [3.8, 4) is 5.75 Å². The Morgan fingerprint density at radius 1 is 1.23 bits per heavy atom. The standard InChI is InChI=1S/C22H23ClN4O3S/c1-2-3-12-30-18-10-8-17(9-11-18)27-20(28)13-19(21(27)29)31-22(24)26-25-14-15-4-6-16(23)7-5-15/h4-11,14,19H,2-3,12-13H2,1H3,(H2,24,26). The number of unbranched alkanes of at least 4 members (excludes halogenated alkanes) is 1. The summed E-state index contributed by atoms with van der Waals surface area (Å²) in [6.45, 7) is 2.73. The molecule has 0 spiro atoms. The Morgan fingerprint density at radius 2 is 1.94 bits per heavy atom. The van der Waals surface area contributed by atoms with Crippen LogP contribution in [0.15, 0.2) is 58.7 Å². The Bertz CT molecular complexity index is 977. The predicted molar refractivity (Wildman–Crippen MR) is 126 cm³/mol. The van der Waals surface area contributed by atoms with Gasteiger partial charge in [0.05, 0.1) is 18.5 Å². The van der Waals surface area contributed by atoms with E-state index in [1.165, 1.54) is 11.1 Å². The number of amides is 2. The number of rotatable bonds is 8. The lowest BCUT2D eigenvalue weighted by atomic mass is 10.2. The molecule has 2 aromatic rings. The Balaban J connectivity index is 1.59. The highest BCUT2D eigenvalue weighted by atomic mass is 35.5. The second kappa shape index (κ2) is 11.0. The van der Waals surface area contributed by atoms with Crippen LogP contribution in [-0.4, -0.2) is 35.1 Å². The highest BCUT2D eigenvalue weighted by Gasteiger charge is 2.40. The first-order valence-corrected chi connectivity index (χ1v) is 11.1. The highest BCUT2D eigenvalue weighted by molar-refractivity contribution is 8.14. The molecule has 31 heavy (non-hydrogen) atoms. The van der Waals surface area contributed by atoms with Gasteiger partial charge < -0.3 is 10.5 Å². The van der Waals surface area contributed by atoms with E-state index in [1.807, 2.05) is 0 Å². The van der Waals surface area contributed by atoms with Crippen LogP contribution in [0.25, 0.3) is 0 Å². The van der Waals surface area contributed by atoms with Gasteiger partial charge in [0.15, 0.2) is 5.17 Å². The third kappa shape index (κ3) is 6.32. The molecule has 1 saturated heterocycles. The van der Waals surface area contributed by atoms with E-state index in [4.69, 9.17) is 22.1 Å². The first-order chi connectivity index (χ1) is 15.0. The van der Waals surface area contributed by atoms with Crippen LogP contribution in [-0.2, 0) is 9.59 Å². The van der Waals surface area contributed by atoms with Crippen molar-refractivity contribution in [2.75, 3.05) is 11.5 Å². The van der Waals surface area contributed by atoms with Gasteiger partial charge in [-0.3, -0.25) is 9.59 Å². The fraction of sp³-hybridized carbons (Fsp3) is 0.273. The smallest absolute Gasteiger partial charge is 0.247 e. The molecule has 1 fully saturated rings. The third-order valence-electron chi connectivity index (χ3n) is 4.46. The highest BCUT2D eigenvalue weighted by Crippen LogP contribution is 2.30. The molecule has 0 aromatic heterocycles. The summed E-state index contributed by atoms with van der Waals surface area (Å²) in [5.74, 6) is 0.103. The summed E-state index contributed by atoms with van der Waals surface area (Å²) in [4.78, 5) is 26.4. The first-order valence-electron chi connectivity index (χ1n) is 9.86. The van der Waals surface area contributed by atoms with Gasteiger partial charge in [-0.2, -0.15) is 5.10 Å². The van der Waals surface area contributed by atoms with E-state index >= 15 is 0 Å². The number of hydrogen-bond donors (Lipinski definition) is 1. The van der Waals surface area contributed by atoms with Crippen molar-refractivity contribution in [3.05, 3.63) is 59.1 Å². The van der Waals surface area contributed by atoms with Gasteiger partial charge >= 0.3 is 0 Å². The molecular formula is C22H23ClN4O3S. The molecule has 0 aliphatic carbocycles. The number of carbonyl (C=O) groups is 2. The number of carbonyl (C=O) groups excluding carboxylic acids is 2. The Morgan fingerprint density at radius 3 is 2.61 bits per heavy atom. The van der Waals surface area contributed by atoms with E-state index in [9.17, 15) is 9.59 Å². The van der Waals surface area contributed by atoms with Gasteiger partial charge in [0, 0.05) is 11.4 Å². The Labute approximate surface area is 190 Å². The van der Waals surface area contributed by atoms with Crippen molar-refractivity contribution >= 4 is 52.2 Å². The Hall–Kier alpha value is -2.84. The quantitative estimate of drug-likeness (QED) is 0.210. The summed E-state index contributed by atoms with van der Waals surface area (Å²) in [5, 5.41) is 7.93. The zero-order chi connectivity index (χ0) is 22.2. The van der Waals surface area contributed by atoms with Crippen LogP contribution in [0.4, 0.5) is 5.69 Å². The van der Waals surface area contributed by atoms with Crippen LogP contribution in [0.5, 0.6) is 5.75 Å². The second-order valence-corrected chi connectivity index (χ2v) is 8.47. The van der Waals surface area contributed by atoms with Gasteiger partial charge in [-0.15, -0.1) is 5.10 Å². The average Bonchev–Trinajstić information content (AvgIpc) is 3.03. The molecule has 0 radical (unpaired) electrons. The average molecular weight is 459 g/mol. The lowest BCUT2D eigenvalue weighted by Gasteiger charge is -2.15. The maximum Gasteiger partial charge on any atom is 0.247 e. The summed E-state index contributed by atoms with van der Waals surface area (Å²) in [6.07, 6.45) is 3.60. The van der Waals surface area contributed by atoms with E-state index in [0.29, 0.717) is 23.1 Å². The van der Waals surface area contributed by atoms with Crippen molar-refractivity contribution in [3.63, 3.8) is 0 Å². The number of nitrogens with two attached hydrogens (primary N) is 1. The first kappa shape index (κ1) is 22.8. The van der Waals surface area contributed by atoms with E-state index < -0.39 is 5.25 Å². The van der Waals surface area contributed by atoms with E-state index in [2.05, 4.69) is 17.1 Å². The number of amidine groups is 1. The second-order valence-electron chi connectivity index (χ2n) is 6.81. The molecule has 3 rings (SSSR count). The molecule has 2 amide bonds. The van der Waals surface area contributed by atoms with Gasteiger partial charge in [-0.05, 0) is 48.4 Å². The molecule has 9 heteroatoms. The van der Waals surface area contributed by atoms with Gasteiger partial charge in [-0.25, -0.2) is 4.90 Å². The van der Waals surface area contributed by atoms with Crippen molar-refractivity contribution < 1.29 is 14.3 Å². The number of benzene rings is 2. The van der Waals surface area contributed by atoms with Gasteiger partial charge in [0.25, 0.3) is 0 Å². The number of ether oxygens (including phenoxy) is 1. The molecular weight excluding hydrogens is 436 g/mol. The molecule has 1 aliphatic heterocycles.